The predicted octanol–water partition coefficient (Wildman–Crippen LogP) is 4.28. The van der Waals surface area contributed by atoms with Crippen LogP contribution in [0.2, 0.25) is 0 Å². The molecule has 0 fully saturated rings. The molecule has 0 radical (unpaired) electrons. The minimum absolute atomic E-state index is 0.108. The van der Waals surface area contributed by atoms with Gasteiger partial charge in [0.25, 0.3) is 0 Å². The topological polar surface area (TPSA) is 0 Å². The van der Waals surface area contributed by atoms with Gasteiger partial charge in [0.1, 0.15) is 6.17 Å². The Labute approximate surface area is 99.9 Å². The van der Waals surface area contributed by atoms with Gasteiger partial charge in [-0.3, -0.25) is 0 Å². The summed E-state index contributed by atoms with van der Waals surface area (Å²) in [7, 11) is 0. The molecule has 0 aromatic heterocycles. The zero-order valence-corrected chi connectivity index (χ0v) is 9.39. The standard InChI is InChI=1S/C15H14F2/c16-14(11-12-7-3-1-4-8-12)15(17)13-9-5-2-6-10-13/h1-10,14-15H,11H2. The normalized spacial score (nSPS) is 14.2. The fourth-order valence-electron chi connectivity index (χ4n) is 1.79. The molecule has 2 atom stereocenters. The summed E-state index contributed by atoms with van der Waals surface area (Å²) >= 11 is 0. The van der Waals surface area contributed by atoms with Crippen LogP contribution >= 0.6 is 0 Å². The van der Waals surface area contributed by atoms with Crippen molar-refractivity contribution in [3.8, 4) is 0 Å². The predicted molar refractivity (Wildman–Crippen MR) is 65.3 cm³/mol. The van der Waals surface area contributed by atoms with Crippen molar-refractivity contribution in [2.45, 2.75) is 18.8 Å². The summed E-state index contributed by atoms with van der Waals surface area (Å²) in [4.78, 5) is 0. The summed E-state index contributed by atoms with van der Waals surface area (Å²) in [6.45, 7) is 0. The van der Waals surface area contributed by atoms with Crippen LogP contribution in [-0.4, -0.2) is 6.17 Å². The van der Waals surface area contributed by atoms with Crippen molar-refractivity contribution in [2.75, 3.05) is 0 Å². The fourth-order valence-corrected chi connectivity index (χ4v) is 1.79. The highest BCUT2D eigenvalue weighted by Crippen LogP contribution is 2.25. The Morgan fingerprint density at radius 1 is 0.765 bits per heavy atom. The first-order chi connectivity index (χ1) is 8.27. The van der Waals surface area contributed by atoms with Crippen LogP contribution in [0.25, 0.3) is 0 Å². The highest BCUT2D eigenvalue weighted by atomic mass is 19.2. The van der Waals surface area contributed by atoms with Crippen LogP contribution < -0.4 is 0 Å². The van der Waals surface area contributed by atoms with E-state index >= 15 is 0 Å². The number of halogens is 2. The second-order valence-electron chi connectivity index (χ2n) is 4.02. The second-order valence-corrected chi connectivity index (χ2v) is 4.02. The van der Waals surface area contributed by atoms with Crippen LogP contribution in [0, 0.1) is 0 Å². The molecule has 2 aromatic carbocycles. The molecule has 0 spiro atoms. The van der Waals surface area contributed by atoms with Gasteiger partial charge in [0.15, 0.2) is 6.17 Å². The maximum Gasteiger partial charge on any atom is 0.156 e. The molecule has 0 saturated heterocycles. The minimum atomic E-state index is -1.56. The summed E-state index contributed by atoms with van der Waals surface area (Å²) in [5, 5.41) is 0. The largest absolute Gasteiger partial charge is 0.244 e. The van der Waals surface area contributed by atoms with Gasteiger partial charge in [0.2, 0.25) is 0 Å². The molecule has 2 rings (SSSR count). The first kappa shape index (κ1) is 11.8. The summed E-state index contributed by atoms with van der Waals surface area (Å²) < 4.78 is 27.6. The third-order valence-corrected chi connectivity index (χ3v) is 2.71. The van der Waals surface area contributed by atoms with Gasteiger partial charge in [0.05, 0.1) is 0 Å². The Morgan fingerprint density at radius 3 is 1.88 bits per heavy atom. The van der Waals surface area contributed by atoms with E-state index in [1.54, 1.807) is 30.3 Å². The summed E-state index contributed by atoms with van der Waals surface area (Å²) in [6.07, 6.45) is -2.95. The van der Waals surface area contributed by atoms with Gasteiger partial charge in [0, 0.05) is 6.42 Å². The Hall–Kier alpha value is -1.70. The molecular formula is C15H14F2. The summed E-state index contributed by atoms with van der Waals surface area (Å²) in [5.41, 5.74) is 1.22. The van der Waals surface area contributed by atoms with Crippen molar-refractivity contribution in [3.63, 3.8) is 0 Å². The van der Waals surface area contributed by atoms with Crippen LogP contribution in [0.3, 0.4) is 0 Å². The lowest BCUT2D eigenvalue weighted by molar-refractivity contribution is 0.168. The maximum absolute atomic E-state index is 13.8. The fraction of sp³-hybridized carbons (Fsp3) is 0.200. The zero-order chi connectivity index (χ0) is 12.1. The number of alkyl halides is 2. The van der Waals surface area contributed by atoms with E-state index in [4.69, 9.17) is 0 Å². The van der Waals surface area contributed by atoms with Crippen molar-refractivity contribution in [2.24, 2.45) is 0 Å². The van der Waals surface area contributed by atoms with Gasteiger partial charge in [-0.25, -0.2) is 8.78 Å². The van der Waals surface area contributed by atoms with Gasteiger partial charge in [-0.15, -0.1) is 0 Å². The molecule has 2 heteroatoms. The molecule has 17 heavy (non-hydrogen) atoms. The molecule has 0 heterocycles. The Morgan fingerprint density at radius 2 is 1.29 bits per heavy atom. The van der Waals surface area contributed by atoms with Crippen molar-refractivity contribution >= 4 is 0 Å². The van der Waals surface area contributed by atoms with Crippen LogP contribution in [0.15, 0.2) is 60.7 Å². The van der Waals surface area contributed by atoms with Crippen LogP contribution in [0.4, 0.5) is 8.78 Å². The van der Waals surface area contributed by atoms with E-state index in [1.807, 2.05) is 30.3 Å². The van der Waals surface area contributed by atoms with Gasteiger partial charge in [-0.1, -0.05) is 60.7 Å². The van der Waals surface area contributed by atoms with Crippen molar-refractivity contribution in [1.29, 1.82) is 0 Å². The molecule has 0 aliphatic heterocycles. The van der Waals surface area contributed by atoms with Gasteiger partial charge in [-0.05, 0) is 11.1 Å². The molecule has 0 N–H and O–H groups in total. The lowest BCUT2D eigenvalue weighted by atomic mass is 10.0. The average Bonchev–Trinajstić information content (AvgIpc) is 2.40. The van der Waals surface area contributed by atoms with Crippen LogP contribution in [-0.2, 0) is 6.42 Å². The molecule has 0 saturated carbocycles. The summed E-state index contributed by atoms with van der Waals surface area (Å²) in [5.74, 6) is 0. The Kier molecular flexibility index (Phi) is 3.86. The highest BCUT2D eigenvalue weighted by Gasteiger charge is 2.22. The molecule has 0 bridgehead atoms. The Balaban J connectivity index is 2.03. The molecule has 2 aromatic rings. The maximum atomic E-state index is 13.8. The van der Waals surface area contributed by atoms with Crippen molar-refractivity contribution < 1.29 is 8.78 Å². The smallest absolute Gasteiger partial charge is 0.156 e. The average molecular weight is 232 g/mol. The molecule has 0 aliphatic rings. The molecule has 0 aliphatic carbocycles. The van der Waals surface area contributed by atoms with E-state index in [0.717, 1.165) is 5.56 Å². The van der Waals surface area contributed by atoms with Gasteiger partial charge in [-0.2, -0.15) is 0 Å². The van der Waals surface area contributed by atoms with Gasteiger partial charge >= 0.3 is 0 Å². The minimum Gasteiger partial charge on any atom is -0.244 e. The monoisotopic (exact) mass is 232 g/mol. The highest BCUT2D eigenvalue weighted by molar-refractivity contribution is 5.21. The van der Waals surface area contributed by atoms with E-state index in [0.29, 0.717) is 5.56 Å². The van der Waals surface area contributed by atoms with Crippen molar-refractivity contribution in [3.05, 3.63) is 71.8 Å². The number of rotatable bonds is 4. The Bertz CT molecular complexity index is 439. The summed E-state index contributed by atoms with van der Waals surface area (Å²) in [6, 6.07) is 17.6. The molecule has 0 nitrogen and oxygen atoms in total. The van der Waals surface area contributed by atoms with Crippen molar-refractivity contribution in [1.82, 2.24) is 0 Å². The molecule has 88 valence electrons. The van der Waals surface area contributed by atoms with Crippen LogP contribution in [0.1, 0.15) is 17.3 Å². The van der Waals surface area contributed by atoms with Gasteiger partial charge < -0.3 is 0 Å². The molecule has 2 unspecified atom stereocenters. The number of benzene rings is 2. The number of hydrogen-bond donors (Lipinski definition) is 0. The zero-order valence-electron chi connectivity index (χ0n) is 9.39. The molecule has 0 amide bonds. The number of hydrogen-bond acceptors (Lipinski definition) is 0. The second kappa shape index (κ2) is 5.58. The lowest BCUT2D eigenvalue weighted by Crippen LogP contribution is -2.12. The van der Waals surface area contributed by atoms with E-state index < -0.39 is 12.3 Å². The first-order valence-corrected chi connectivity index (χ1v) is 5.64. The lowest BCUT2D eigenvalue weighted by Gasteiger charge is -2.13. The first-order valence-electron chi connectivity index (χ1n) is 5.64. The van der Waals surface area contributed by atoms with E-state index in [-0.39, 0.29) is 6.42 Å². The SMILES string of the molecule is FC(Cc1ccccc1)C(F)c1ccccc1. The third-order valence-electron chi connectivity index (χ3n) is 2.71. The molecular weight excluding hydrogens is 218 g/mol. The van der Waals surface area contributed by atoms with E-state index in [2.05, 4.69) is 0 Å². The van der Waals surface area contributed by atoms with Crippen LogP contribution in [0.5, 0.6) is 0 Å². The van der Waals surface area contributed by atoms with E-state index in [1.165, 1.54) is 0 Å². The quantitative estimate of drug-likeness (QED) is 0.738. The van der Waals surface area contributed by atoms with E-state index in [9.17, 15) is 8.78 Å². The third kappa shape index (κ3) is 3.13.